The van der Waals surface area contributed by atoms with Crippen molar-refractivity contribution in [2.75, 3.05) is 13.1 Å². The molecule has 0 radical (unpaired) electrons. The standard InChI is InChI=1S/C45H47F5N4O4/c1-43(2,3)58-42(57)44(4,5)52-25-23-34(24-26-52)53(27-29-13-15-30(16-14-29)31-17-20-33(21-18-31)45(48,49)50)39(55)28-54-37-12-7-6-10-35(37)41(56)51-38(54)22-19-32-9-8-11-36(46)40(32)47/h6-18,20-21,34H,19,22-28H2,1-5H3. The minimum atomic E-state index is -4.45. The van der Waals surface area contributed by atoms with Gasteiger partial charge in [-0.15, -0.1) is 0 Å². The number of hydrogen-bond acceptors (Lipinski definition) is 6. The van der Waals surface area contributed by atoms with E-state index in [1.165, 1.54) is 24.3 Å². The summed E-state index contributed by atoms with van der Waals surface area (Å²) in [6, 6.07) is 22.6. The highest BCUT2D eigenvalue weighted by atomic mass is 19.4. The highest BCUT2D eigenvalue weighted by molar-refractivity contribution is 5.82. The molecule has 0 saturated carbocycles. The second-order valence-corrected chi connectivity index (χ2v) is 16.2. The molecule has 2 heterocycles. The molecule has 6 rings (SSSR count). The van der Waals surface area contributed by atoms with Crippen molar-refractivity contribution in [3.05, 3.63) is 135 Å². The first kappa shape index (κ1) is 42.2. The van der Waals surface area contributed by atoms with E-state index < -0.39 is 40.1 Å². The third-order valence-electron chi connectivity index (χ3n) is 10.7. The molecule has 4 aromatic carbocycles. The second-order valence-electron chi connectivity index (χ2n) is 16.2. The van der Waals surface area contributed by atoms with Crippen LogP contribution in [0, 0.1) is 11.6 Å². The first-order valence-electron chi connectivity index (χ1n) is 19.3. The smallest absolute Gasteiger partial charge is 0.416 e. The summed E-state index contributed by atoms with van der Waals surface area (Å²) in [5, 5.41) is 0.305. The van der Waals surface area contributed by atoms with Crippen molar-refractivity contribution in [3.8, 4) is 11.1 Å². The van der Waals surface area contributed by atoms with Crippen LogP contribution in [-0.2, 0) is 46.4 Å². The van der Waals surface area contributed by atoms with E-state index in [0.29, 0.717) is 48.0 Å². The maximum Gasteiger partial charge on any atom is 0.416 e. The lowest BCUT2D eigenvalue weighted by Gasteiger charge is -2.44. The molecule has 8 nitrogen and oxygen atoms in total. The highest BCUT2D eigenvalue weighted by Gasteiger charge is 2.41. The quantitative estimate of drug-likeness (QED) is 0.0982. The molecule has 1 aliphatic heterocycles. The maximum atomic E-state index is 14.7. The Morgan fingerprint density at radius 3 is 2.05 bits per heavy atom. The van der Waals surface area contributed by atoms with Gasteiger partial charge >= 0.3 is 12.1 Å². The molecular weight excluding hydrogens is 756 g/mol. The molecule has 1 saturated heterocycles. The summed E-state index contributed by atoms with van der Waals surface area (Å²) in [5.74, 6) is -2.34. The Bertz CT molecular complexity index is 2330. The normalized spacial score (nSPS) is 14.4. The average molecular weight is 803 g/mol. The summed E-state index contributed by atoms with van der Waals surface area (Å²) in [6.45, 7) is 10.1. The van der Waals surface area contributed by atoms with Crippen LogP contribution in [0.2, 0.25) is 0 Å². The summed E-state index contributed by atoms with van der Waals surface area (Å²) in [4.78, 5) is 49.3. The van der Waals surface area contributed by atoms with Gasteiger partial charge in [0.25, 0.3) is 5.56 Å². The van der Waals surface area contributed by atoms with Crippen molar-refractivity contribution < 1.29 is 36.3 Å². The number of nitrogens with zero attached hydrogens (tertiary/aromatic N) is 4. The zero-order chi connectivity index (χ0) is 42.0. The minimum Gasteiger partial charge on any atom is -0.459 e. The fourth-order valence-corrected chi connectivity index (χ4v) is 7.39. The Labute approximate surface area is 334 Å². The van der Waals surface area contributed by atoms with Crippen molar-refractivity contribution in [2.45, 2.75) is 96.7 Å². The van der Waals surface area contributed by atoms with Gasteiger partial charge in [-0.2, -0.15) is 18.2 Å². The van der Waals surface area contributed by atoms with Crippen LogP contribution in [0.3, 0.4) is 0 Å². The number of aryl methyl sites for hydroxylation is 2. The molecule has 1 aliphatic rings. The average Bonchev–Trinajstić information content (AvgIpc) is 3.18. The van der Waals surface area contributed by atoms with Crippen LogP contribution >= 0.6 is 0 Å². The Balaban J connectivity index is 1.30. The number of alkyl halides is 3. The van der Waals surface area contributed by atoms with Crippen molar-refractivity contribution >= 4 is 22.8 Å². The molecular formula is C45H47F5N4O4. The van der Waals surface area contributed by atoms with Crippen molar-refractivity contribution in [1.29, 1.82) is 0 Å². The first-order valence-corrected chi connectivity index (χ1v) is 19.3. The molecule has 0 unspecified atom stereocenters. The van der Waals surface area contributed by atoms with Crippen LogP contribution in [0.1, 0.15) is 70.0 Å². The Hall–Kier alpha value is -5.43. The molecule has 0 N–H and O–H groups in total. The molecule has 0 bridgehead atoms. The van der Waals surface area contributed by atoms with Crippen LogP contribution in [0.25, 0.3) is 22.0 Å². The van der Waals surface area contributed by atoms with Gasteiger partial charge in [0.2, 0.25) is 5.91 Å². The maximum absolute atomic E-state index is 14.7. The number of carbonyl (C=O) groups excluding carboxylic acids is 2. The van der Waals surface area contributed by atoms with Gasteiger partial charge in [0.05, 0.1) is 16.5 Å². The Morgan fingerprint density at radius 2 is 1.43 bits per heavy atom. The molecule has 0 atom stereocenters. The zero-order valence-corrected chi connectivity index (χ0v) is 33.2. The van der Waals surface area contributed by atoms with E-state index in [-0.39, 0.29) is 55.2 Å². The molecule has 1 amide bonds. The molecule has 306 valence electrons. The molecule has 13 heteroatoms. The lowest BCUT2D eigenvalue weighted by molar-refractivity contribution is -0.169. The number of para-hydroxylation sites is 1. The minimum absolute atomic E-state index is 0.0312. The topological polar surface area (TPSA) is 84.7 Å². The lowest BCUT2D eigenvalue weighted by atomic mass is 9.94. The fraction of sp³-hybridized carbons (Fsp3) is 0.378. The third-order valence-corrected chi connectivity index (χ3v) is 10.7. The van der Waals surface area contributed by atoms with E-state index in [9.17, 15) is 36.3 Å². The van der Waals surface area contributed by atoms with Gasteiger partial charge in [-0.1, -0.05) is 60.7 Å². The van der Waals surface area contributed by atoms with Crippen molar-refractivity contribution in [3.63, 3.8) is 0 Å². The number of likely N-dealkylation sites (tertiary alicyclic amines) is 1. The first-order chi connectivity index (χ1) is 27.3. The number of ether oxygens (including phenoxy) is 1. The number of amides is 1. The van der Waals surface area contributed by atoms with Gasteiger partial charge in [0.1, 0.15) is 23.5 Å². The lowest BCUT2D eigenvalue weighted by Crippen LogP contribution is -2.57. The molecule has 0 aliphatic carbocycles. The number of aromatic nitrogens is 2. The number of piperidine rings is 1. The van der Waals surface area contributed by atoms with Gasteiger partial charge in [0.15, 0.2) is 11.6 Å². The van der Waals surface area contributed by atoms with Gasteiger partial charge in [-0.25, -0.2) is 8.78 Å². The third kappa shape index (κ3) is 9.63. The summed E-state index contributed by atoms with van der Waals surface area (Å²) >= 11 is 0. The van der Waals surface area contributed by atoms with E-state index in [1.807, 2.05) is 46.8 Å². The number of benzene rings is 4. The van der Waals surface area contributed by atoms with Gasteiger partial charge in [-0.3, -0.25) is 19.3 Å². The number of halogens is 5. The molecule has 1 fully saturated rings. The fourth-order valence-electron chi connectivity index (χ4n) is 7.39. The number of carbonyl (C=O) groups is 2. The number of esters is 1. The second kappa shape index (κ2) is 16.8. The van der Waals surface area contributed by atoms with Crippen LogP contribution in [0.4, 0.5) is 22.0 Å². The largest absolute Gasteiger partial charge is 0.459 e. The highest BCUT2D eigenvalue weighted by Crippen LogP contribution is 2.32. The number of fused-ring (bicyclic) bond motifs is 1. The van der Waals surface area contributed by atoms with Crippen LogP contribution in [0.15, 0.2) is 95.8 Å². The van der Waals surface area contributed by atoms with Gasteiger partial charge in [-0.05, 0) is 106 Å². The summed E-state index contributed by atoms with van der Waals surface area (Å²) in [5.41, 5.74) is -0.139. The SMILES string of the molecule is CC(C)(C)OC(=O)C(C)(C)N1CCC(N(Cc2ccc(-c3ccc(C(F)(F)F)cc3)cc2)C(=O)Cn2c(CCc3cccc(F)c3F)nc(=O)c3ccccc32)CC1. The van der Waals surface area contributed by atoms with Crippen molar-refractivity contribution in [1.82, 2.24) is 19.4 Å². The van der Waals surface area contributed by atoms with Crippen LogP contribution < -0.4 is 5.56 Å². The molecule has 1 aromatic heterocycles. The molecule has 58 heavy (non-hydrogen) atoms. The predicted molar refractivity (Wildman–Crippen MR) is 212 cm³/mol. The van der Waals surface area contributed by atoms with Gasteiger partial charge in [0, 0.05) is 32.1 Å². The van der Waals surface area contributed by atoms with Gasteiger partial charge < -0.3 is 14.2 Å². The monoisotopic (exact) mass is 802 g/mol. The predicted octanol–water partition coefficient (Wildman–Crippen LogP) is 8.76. The van der Waals surface area contributed by atoms with E-state index in [0.717, 1.165) is 23.8 Å². The van der Waals surface area contributed by atoms with Crippen LogP contribution in [0.5, 0.6) is 0 Å². The van der Waals surface area contributed by atoms with E-state index >= 15 is 0 Å². The van der Waals surface area contributed by atoms with Crippen molar-refractivity contribution in [2.24, 2.45) is 0 Å². The van der Waals surface area contributed by atoms with E-state index in [2.05, 4.69) is 9.88 Å². The van der Waals surface area contributed by atoms with E-state index in [4.69, 9.17) is 4.74 Å². The Morgan fingerprint density at radius 1 is 0.810 bits per heavy atom. The number of rotatable bonds is 11. The zero-order valence-electron chi connectivity index (χ0n) is 33.2. The Kier molecular flexibility index (Phi) is 12.2. The number of hydrogen-bond donors (Lipinski definition) is 0. The summed E-state index contributed by atoms with van der Waals surface area (Å²) < 4.78 is 75.7. The summed E-state index contributed by atoms with van der Waals surface area (Å²) in [6.07, 6.45) is -3.29. The van der Waals surface area contributed by atoms with Crippen LogP contribution in [-0.4, -0.2) is 61.5 Å². The molecule has 5 aromatic rings. The molecule has 0 spiro atoms. The van der Waals surface area contributed by atoms with E-state index in [1.54, 1.807) is 45.9 Å². The summed E-state index contributed by atoms with van der Waals surface area (Å²) in [7, 11) is 0.